The molecule has 156 valence electrons. The molecular weight excluding hydrogens is 360 g/mol. The summed E-state index contributed by atoms with van der Waals surface area (Å²) in [6.07, 6.45) is 2.88. The molecule has 1 unspecified atom stereocenters. The monoisotopic (exact) mass is 394 g/mol. The third kappa shape index (κ3) is 7.98. The molecule has 0 fully saturated rings. The zero-order valence-electron chi connectivity index (χ0n) is 18.1. The lowest BCUT2D eigenvalue weighted by Gasteiger charge is -2.18. The van der Waals surface area contributed by atoms with Gasteiger partial charge in [0.05, 0.1) is 0 Å². The summed E-state index contributed by atoms with van der Waals surface area (Å²) < 4.78 is 0. The number of nitrogens with zero attached hydrogens (tertiary/aromatic N) is 2. The minimum Gasteiger partial charge on any atom is -0.357 e. The molecule has 0 aromatic heterocycles. The normalized spacial score (nSPS) is 12.3. The molecule has 1 atom stereocenters. The number of hydrogen-bond acceptors (Lipinski definition) is 2. The fourth-order valence-electron chi connectivity index (χ4n) is 3.07. The molecule has 0 heterocycles. The van der Waals surface area contributed by atoms with E-state index in [0.717, 1.165) is 42.9 Å². The SMILES string of the molecule is CCNC(=NCCc1cccc(C(=O)N(C)C)c1)NC(C)CCc1ccccc1. The van der Waals surface area contributed by atoms with E-state index in [1.54, 1.807) is 19.0 Å². The molecule has 0 radical (unpaired) electrons. The highest BCUT2D eigenvalue weighted by Gasteiger charge is 2.08. The van der Waals surface area contributed by atoms with Crippen LogP contribution in [0, 0.1) is 0 Å². The predicted molar refractivity (Wildman–Crippen MR) is 122 cm³/mol. The third-order valence-corrected chi connectivity index (χ3v) is 4.69. The van der Waals surface area contributed by atoms with E-state index in [9.17, 15) is 4.79 Å². The van der Waals surface area contributed by atoms with E-state index in [1.807, 2.05) is 30.3 Å². The minimum absolute atomic E-state index is 0.0256. The van der Waals surface area contributed by atoms with Crippen molar-refractivity contribution in [1.29, 1.82) is 0 Å². The number of rotatable bonds is 9. The maximum Gasteiger partial charge on any atom is 0.253 e. The van der Waals surface area contributed by atoms with Crippen molar-refractivity contribution in [3.8, 4) is 0 Å². The predicted octanol–water partition coefficient (Wildman–Crippen LogP) is 3.51. The number of guanidine groups is 1. The van der Waals surface area contributed by atoms with E-state index >= 15 is 0 Å². The molecule has 2 N–H and O–H groups in total. The summed E-state index contributed by atoms with van der Waals surface area (Å²) in [7, 11) is 3.54. The van der Waals surface area contributed by atoms with Gasteiger partial charge in [0.1, 0.15) is 0 Å². The van der Waals surface area contributed by atoms with Crippen LogP contribution in [0.25, 0.3) is 0 Å². The van der Waals surface area contributed by atoms with Crippen molar-refractivity contribution in [1.82, 2.24) is 15.5 Å². The molecule has 0 saturated carbocycles. The van der Waals surface area contributed by atoms with Crippen LogP contribution in [0.4, 0.5) is 0 Å². The Morgan fingerprint density at radius 1 is 1.03 bits per heavy atom. The molecule has 5 heteroatoms. The Bertz CT molecular complexity index is 786. The van der Waals surface area contributed by atoms with Crippen molar-refractivity contribution in [2.24, 2.45) is 4.99 Å². The molecular formula is C24H34N4O. The number of aryl methyl sites for hydroxylation is 1. The molecule has 0 aliphatic carbocycles. The van der Waals surface area contributed by atoms with Gasteiger partial charge in [-0.1, -0.05) is 42.5 Å². The summed E-state index contributed by atoms with van der Waals surface area (Å²) >= 11 is 0. The molecule has 0 saturated heterocycles. The average molecular weight is 395 g/mol. The molecule has 5 nitrogen and oxygen atoms in total. The Morgan fingerprint density at radius 3 is 2.45 bits per heavy atom. The van der Waals surface area contributed by atoms with Gasteiger partial charge in [0, 0.05) is 38.8 Å². The van der Waals surface area contributed by atoms with Gasteiger partial charge in [-0.3, -0.25) is 9.79 Å². The fraction of sp³-hybridized carbons (Fsp3) is 0.417. The van der Waals surface area contributed by atoms with Crippen LogP contribution in [0.5, 0.6) is 0 Å². The van der Waals surface area contributed by atoms with E-state index < -0.39 is 0 Å². The second-order valence-electron chi connectivity index (χ2n) is 7.48. The van der Waals surface area contributed by atoms with Crippen LogP contribution in [0.15, 0.2) is 59.6 Å². The van der Waals surface area contributed by atoms with E-state index in [2.05, 4.69) is 48.7 Å². The quantitative estimate of drug-likeness (QED) is 0.505. The highest BCUT2D eigenvalue weighted by molar-refractivity contribution is 5.94. The third-order valence-electron chi connectivity index (χ3n) is 4.69. The number of benzene rings is 2. The molecule has 0 spiro atoms. The minimum atomic E-state index is 0.0256. The van der Waals surface area contributed by atoms with Crippen LogP contribution >= 0.6 is 0 Å². The van der Waals surface area contributed by atoms with Gasteiger partial charge in [-0.25, -0.2) is 0 Å². The van der Waals surface area contributed by atoms with Crippen molar-refractivity contribution < 1.29 is 4.79 Å². The molecule has 2 aromatic carbocycles. The van der Waals surface area contributed by atoms with Gasteiger partial charge < -0.3 is 15.5 Å². The number of nitrogens with one attached hydrogen (secondary N) is 2. The van der Waals surface area contributed by atoms with Gasteiger partial charge in [0.25, 0.3) is 5.91 Å². The van der Waals surface area contributed by atoms with Crippen LogP contribution in [0.3, 0.4) is 0 Å². The van der Waals surface area contributed by atoms with Gasteiger partial charge in [-0.15, -0.1) is 0 Å². The number of hydrogen-bond donors (Lipinski definition) is 2. The van der Waals surface area contributed by atoms with Gasteiger partial charge in [0.15, 0.2) is 5.96 Å². The summed E-state index contributed by atoms with van der Waals surface area (Å²) in [5.41, 5.74) is 3.20. The number of aliphatic imine (C=N–C) groups is 1. The van der Waals surface area contributed by atoms with Gasteiger partial charge in [-0.2, -0.15) is 0 Å². The smallest absolute Gasteiger partial charge is 0.253 e. The van der Waals surface area contributed by atoms with Crippen molar-refractivity contribution in [2.75, 3.05) is 27.2 Å². The van der Waals surface area contributed by atoms with Crippen molar-refractivity contribution in [3.05, 3.63) is 71.3 Å². The zero-order valence-corrected chi connectivity index (χ0v) is 18.1. The average Bonchev–Trinajstić information content (AvgIpc) is 2.72. The first-order valence-corrected chi connectivity index (χ1v) is 10.4. The van der Waals surface area contributed by atoms with Crippen LogP contribution < -0.4 is 10.6 Å². The molecule has 0 aliphatic heterocycles. The number of carbonyl (C=O) groups excluding carboxylic acids is 1. The molecule has 1 amide bonds. The Labute approximate surface area is 175 Å². The zero-order chi connectivity index (χ0) is 21.1. The molecule has 29 heavy (non-hydrogen) atoms. The molecule has 2 rings (SSSR count). The van der Waals surface area contributed by atoms with Crippen molar-refractivity contribution in [2.45, 2.75) is 39.2 Å². The summed E-state index contributed by atoms with van der Waals surface area (Å²) in [4.78, 5) is 18.4. The van der Waals surface area contributed by atoms with Crippen molar-refractivity contribution >= 4 is 11.9 Å². The first-order valence-electron chi connectivity index (χ1n) is 10.4. The van der Waals surface area contributed by atoms with E-state index in [0.29, 0.717) is 12.6 Å². The van der Waals surface area contributed by atoms with E-state index in [4.69, 9.17) is 4.99 Å². The first-order chi connectivity index (χ1) is 14.0. The number of carbonyl (C=O) groups is 1. The molecule has 0 aliphatic rings. The van der Waals surface area contributed by atoms with Gasteiger partial charge in [0.2, 0.25) is 0 Å². The topological polar surface area (TPSA) is 56.7 Å². The number of amides is 1. The Balaban J connectivity index is 1.88. The summed E-state index contributed by atoms with van der Waals surface area (Å²) in [5, 5.41) is 6.82. The fourth-order valence-corrected chi connectivity index (χ4v) is 3.07. The van der Waals surface area contributed by atoms with Crippen LogP contribution in [0.2, 0.25) is 0 Å². The maximum absolute atomic E-state index is 12.1. The second kappa shape index (κ2) is 11.9. The summed E-state index contributed by atoms with van der Waals surface area (Å²) in [6, 6.07) is 18.7. The summed E-state index contributed by atoms with van der Waals surface area (Å²) in [5.74, 6) is 0.867. The molecule has 2 aromatic rings. The lowest BCUT2D eigenvalue weighted by Crippen LogP contribution is -2.42. The largest absolute Gasteiger partial charge is 0.357 e. The second-order valence-corrected chi connectivity index (χ2v) is 7.48. The van der Waals surface area contributed by atoms with Gasteiger partial charge >= 0.3 is 0 Å². The van der Waals surface area contributed by atoms with E-state index in [1.165, 1.54) is 5.56 Å². The Hall–Kier alpha value is -2.82. The summed E-state index contributed by atoms with van der Waals surface area (Å²) in [6.45, 7) is 5.75. The van der Waals surface area contributed by atoms with Crippen molar-refractivity contribution in [3.63, 3.8) is 0 Å². The highest BCUT2D eigenvalue weighted by Crippen LogP contribution is 2.08. The van der Waals surface area contributed by atoms with Crippen LogP contribution in [-0.2, 0) is 12.8 Å². The first kappa shape index (κ1) is 22.5. The highest BCUT2D eigenvalue weighted by atomic mass is 16.2. The van der Waals surface area contributed by atoms with Gasteiger partial charge in [-0.05, 0) is 56.4 Å². The Morgan fingerprint density at radius 2 is 1.76 bits per heavy atom. The van der Waals surface area contributed by atoms with Crippen LogP contribution in [0.1, 0.15) is 41.8 Å². The maximum atomic E-state index is 12.1. The van der Waals surface area contributed by atoms with E-state index in [-0.39, 0.29) is 5.91 Å². The van der Waals surface area contributed by atoms with Crippen LogP contribution in [-0.4, -0.2) is 50.0 Å². The standard InChI is InChI=1S/C24H34N4O/c1-5-25-24(27-19(2)14-15-20-10-7-6-8-11-20)26-17-16-21-12-9-13-22(18-21)23(29)28(3)4/h6-13,18-19H,5,14-17H2,1-4H3,(H2,25,26,27). The lowest BCUT2D eigenvalue weighted by molar-refractivity contribution is 0.0827. The Kier molecular flexibility index (Phi) is 9.22. The lowest BCUT2D eigenvalue weighted by atomic mass is 10.1. The molecule has 0 bridgehead atoms.